The summed E-state index contributed by atoms with van der Waals surface area (Å²) < 4.78 is 19.0. The highest BCUT2D eigenvalue weighted by Crippen LogP contribution is 2.36. The Morgan fingerprint density at radius 1 is 1.38 bits per heavy atom. The highest BCUT2D eigenvalue weighted by atomic mass is 19.1. The lowest BCUT2D eigenvalue weighted by Crippen LogP contribution is -2.45. The van der Waals surface area contributed by atoms with Crippen LogP contribution in [0.1, 0.15) is 28.0 Å². The number of benzene rings is 1. The maximum absolute atomic E-state index is 13.3. The van der Waals surface area contributed by atoms with Crippen LogP contribution in [-0.2, 0) is 16.0 Å². The lowest BCUT2D eigenvalue weighted by Gasteiger charge is -2.22. The van der Waals surface area contributed by atoms with Gasteiger partial charge in [0.15, 0.2) is 5.92 Å². The van der Waals surface area contributed by atoms with E-state index < -0.39 is 35.6 Å². The Kier molecular flexibility index (Phi) is 7.88. The summed E-state index contributed by atoms with van der Waals surface area (Å²) in [5, 5.41) is 33.9. The van der Waals surface area contributed by atoms with Crippen molar-refractivity contribution in [3.05, 3.63) is 53.1 Å². The Hall–Kier alpha value is -3.88. The summed E-state index contributed by atoms with van der Waals surface area (Å²) in [6.45, 7) is -1.15. The predicted molar refractivity (Wildman–Crippen MR) is 117 cm³/mol. The van der Waals surface area contributed by atoms with Crippen LogP contribution in [-0.4, -0.2) is 65.1 Å². The number of halogens is 1. The van der Waals surface area contributed by atoms with Gasteiger partial charge >= 0.3 is 0 Å². The number of carbonyl (C=O) groups excluding carboxylic acids is 3. The summed E-state index contributed by atoms with van der Waals surface area (Å²) in [6, 6.07) is 7.57. The number of hydrogen-bond acceptors (Lipinski definition) is 9. The molecule has 1 aliphatic heterocycles. The monoisotopic (exact) mass is 470 g/mol. The van der Waals surface area contributed by atoms with Gasteiger partial charge < -0.3 is 30.4 Å². The number of ketones is 1. The molecule has 0 fully saturated rings. The van der Waals surface area contributed by atoms with Gasteiger partial charge in [-0.25, -0.2) is 4.39 Å². The maximum atomic E-state index is 13.3. The van der Waals surface area contributed by atoms with Crippen molar-refractivity contribution < 1.29 is 33.7 Å². The molecule has 0 bridgehead atoms. The lowest BCUT2D eigenvalue weighted by molar-refractivity contribution is -0.127. The molecule has 1 aromatic heterocycles. The van der Waals surface area contributed by atoms with E-state index in [2.05, 4.69) is 15.6 Å². The number of ether oxygens (including phenoxy) is 1. The molecule has 0 saturated heterocycles. The minimum atomic E-state index is -1.71. The van der Waals surface area contributed by atoms with Crippen LogP contribution in [0.2, 0.25) is 0 Å². The fourth-order valence-corrected chi connectivity index (χ4v) is 3.35. The van der Waals surface area contributed by atoms with Gasteiger partial charge in [-0.1, -0.05) is 12.1 Å². The van der Waals surface area contributed by atoms with Gasteiger partial charge in [-0.05, 0) is 17.7 Å². The molecule has 1 aromatic carbocycles. The van der Waals surface area contributed by atoms with Crippen LogP contribution in [0.3, 0.4) is 0 Å². The number of aldehydes is 1. The quantitative estimate of drug-likeness (QED) is 0.176. The molecule has 178 valence electrons. The van der Waals surface area contributed by atoms with Gasteiger partial charge in [-0.2, -0.15) is 5.26 Å². The number of Topliss-reactive ketones (excluding diaryl/α,β-unsaturated/α-hetero) is 1. The zero-order chi connectivity index (χ0) is 24.7. The molecule has 4 N–H and O–H groups in total. The number of amides is 1. The summed E-state index contributed by atoms with van der Waals surface area (Å²) >= 11 is 0. The number of anilines is 1. The summed E-state index contributed by atoms with van der Waals surface area (Å²) in [5.41, 5.74) is -0.643. The molecular formula is C23H23FN4O6. The van der Waals surface area contributed by atoms with E-state index in [0.717, 1.165) is 5.56 Å². The first kappa shape index (κ1) is 24.8. The van der Waals surface area contributed by atoms with Crippen molar-refractivity contribution >= 4 is 23.7 Å². The maximum Gasteiger partial charge on any atom is 0.238 e. The minimum Gasteiger partial charge on any atom is -0.488 e. The molecule has 2 unspecified atom stereocenters. The number of pyridine rings is 1. The fourth-order valence-electron chi connectivity index (χ4n) is 3.35. The second kappa shape index (κ2) is 10.8. The Bertz CT molecular complexity index is 1120. The molecule has 3 rings (SSSR count). The van der Waals surface area contributed by atoms with Crippen molar-refractivity contribution in [3.8, 4) is 11.8 Å². The Labute approximate surface area is 194 Å². The van der Waals surface area contributed by atoms with Gasteiger partial charge in [0.2, 0.25) is 11.7 Å². The molecule has 2 atom stereocenters. The molecule has 1 aliphatic rings. The van der Waals surface area contributed by atoms with E-state index in [4.69, 9.17) is 10.00 Å². The molecule has 0 spiro atoms. The van der Waals surface area contributed by atoms with Gasteiger partial charge in [0, 0.05) is 31.3 Å². The number of nitrogens with one attached hydrogen (secondary N) is 2. The highest BCUT2D eigenvalue weighted by Gasteiger charge is 2.36. The average molecular weight is 470 g/mol. The molecular weight excluding hydrogens is 447 g/mol. The van der Waals surface area contributed by atoms with Crippen molar-refractivity contribution in [1.29, 1.82) is 5.26 Å². The number of rotatable bonds is 9. The van der Waals surface area contributed by atoms with E-state index in [1.54, 1.807) is 12.1 Å². The Morgan fingerprint density at radius 3 is 2.76 bits per heavy atom. The van der Waals surface area contributed by atoms with Crippen LogP contribution in [0, 0.1) is 23.1 Å². The van der Waals surface area contributed by atoms with Crippen molar-refractivity contribution in [1.82, 2.24) is 10.3 Å². The summed E-state index contributed by atoms with van der Waals surface area (Å²) in [5.74, 6) is -3.73. The molecule has 0 radical (unpaired) electrons. The third-order valence-corrected chi connectivity index (χ3v) is 5.26. The second-order valence-electron chi connectivity index (χ2n) is 7.84. The zero-order valence-electron chi connectivity index (χ0n) is 18.1. The van der Waals surface area contributed by atoms with E-state index in [1.807, 2.05) is 6.07 Å². The Balaban J connectivity index is 1.99. The van der Waals surface area contributed by atoms with E-state index >= 15 is 0 Å². The summed E-state index contributed by atoms with van der Waals surface area (Å²) in [7, 11) is 0. The number of nitriles is 1. The normalized spacial score (nSPS) is 17.7. The van der Waals surface area contributed by atoms with Crippen LogP contribution in [0.25, 0.3) is 0 Å². The first-order chi connectivity index (χ1) is 16.3. The molecule has 10 nitrogen and oxygen atoms in total. The molecule has 2 heterocycles. The van der Waals surface area contributed by atoms with E-state index in [0.29, 0.717) is 5.56 Å². The van der Waals surface area contributed by atoms with Crippen molar-refractivity contribution in [3.63, 3.8) is 0 Å². The molecule has 34 heavy (non-hydrogen) atoms. The first-order valence-corrected chi connectivity index (χ1v) is 10.4. The van der Waals surface area contributed by atoms with E-state index in [-0.39, 0.29) is 56.0 Å². The smallest absolute Gasteiger partial charge is 0.238 e. The number of fused-ring (bicyclic) bond motifs is 1. The van der Waals surface area contributed by atoms with Gasteiger partial charge in [-0.15, -0.1) is 0 Å². The topological polar surface area (TPSA) is 162 Å². The molecule has 0 saturated carbocycles. The number of aliphatic hydroxyl groups excluding tert-OH is 1. The zero-order valence-corrected chi connectivity index (χ0v) is 18.1. The van der Waals surface area contributed by atoms with Gasteiger partial charge in [0.1, 0.15) is 41.4 Å². The lowest BCUT2D eigenvalue weighted by atomic mass is 9.98. The third kappa shape index (κ3) is 5.54. The Morgan fingerprint density at radius 2 is 2.12 bits per heavy atom. The third-order valence-electron chi connectivity index (χ3n) is 5.26. The summed E-state index contributed by atoms with van der Waals surface area (Å²) in [4.78, 5) is 41.2. The summed E-state index contributed by atoms with van der Waals surface area (Å²) in [6.07, 6.45) is 1.78. The number of carbonyl (C=O) groups is 3. The second-order valence-corrected chi connectivity index (χ2v) is 7.84. The number of nitrogens with zero attached hydrogens (tertiary/aromatic N) is 2. The largest absolute Gasteiger partial charge is 0.488 e. The van der Waals surface area contributed by atoms with Crippen molar-refractivity contribution in [2.24, 2.45) is 5.92 Å². The fraction of sp³-hybridized carbons (Fsp3) is 0.348. The van der Waals surface area contributed by atoms with Gasteiger partial charge in [0.05, 0.1) is 19.1 Å². The molecule has 0 aliphatic carbocycles. The first-order valence-electron chi connectivity index (χ1n) is 10.4. The molecule has 11 heteroatoms. The number of aromatic nitrogens is 1. The number of aliphatic hydroxyl groups is 2. The number of β-amino-alcohol motifs (C(OH)–C–C–N with tert-alkyl or cyclic N) is 1. The number of hydrogen-bond donors (Lipinski definition) is 4. The average Bonchev–Trinajstić information content (AvgIpc) is 3.01. The van der Waals surface area contributed by atoms with Crippen LogP contribution in [0.15, 0.2) is 30.5 Å². The minimum absolute atomic E-state index is 0.00633. The predicted octanol–water partition coefficient (Wildman–Crippen LogP) is 0.367. The van der Waals surface area contributed by atoms with Crippen LogP contribution in [0.5, 0.6) is 5.75 Å². The van der Waals surface area contributed by atoms with Crippen molar-refractivity contribution in [2.75, 3.05) is 31.6 Å². The van der Waals surface area contributed by atoms with E-state index in [1.165, 1.54) is 18.3 Å². The van der Waals surface area contributed by atoms with Crippen molar-refractivity contribution in [2.45, 2.75) is 18.4 Å². The highest BCUT2D eigenvalue weighted by molar-refractivity contribution is 6.20. The molecule has 1 amide bonds. The van der Waals surface area contributed by atoms with Crippen LogP contribution >= 0.6 is 0 Å². The molecule has 2 aromatic rings. The standard InChI is InChI=1S/C23H23FN4O6/c24-16-4-2-14(3-5-16)8-15-9-27-18(19-21(15)34-13-23(33,12-30)11-28-19)20(31)17(10-29)22(32)26-7-1-6-25/h2-5,9-10,17,28,30,33H,1,7-8,11-13H2,(H,26,32). The van der Waals surface area contributed by atoms with Gasteiger partial charge in [0.25, 0.3) is 0 Å². The van der Waals surface area contributed by atoms with Gasteiger partial charge in [-0.3, -0.25) is 14.6 Å². The van der Waals surface area contributed by atoms with Crippen LogP contribution in [0.4, 0.5) is 10.1 Å². The SMILES string of the molecule is N#CCCNC(=O)C(C=O)C(=O)c1ncc(Cc2ccc(F)cc2)c2c1NCC(O)(CO)CO2. The van der Waals surface area contributed by atoms with E-state index in [9.17, 15) is 29.0 Å². The van der Waals surface area contributed by atoms with Crippen LogP contribution < -0.4 is 15.4 Å².